The number of nitrogens with zero attached hydrogens (tertiary/aromatic N) is 1. The van der Waals surface area contributed by atoms with Crippen LogP contribution in [0.5, 0.6) is 5.75 Å². The van der Waals surface area contributed by atoms with Gasteiger partial charge in [0.05, 0.1) is 11.3 Å². The predicted octanol–water partition coefficient (Wildman–Crippen LogP) is 4.80. The lowest BCUT2D eigenvalue weighted by molar-refractivity contribution is -0.136. The summed E-state index contributed by atoms with van der Waals surface area (Å²) in [6, 6.07) is 20.0. The van der Waals surface area contributed by atoms with Crippen LogP contribution >= 0.6 is 27.5 Å². The highest BCUT2D eigenvalue weighted by Gasteiger charge is 2.14. The van der Waals surface area contributed by atoms with E-state index in [1.807, 2.05) is 0 Å². The van der Waals surface area contributed by atoms with Crippen molar-refractivity contribution in [3.63, 3.8) is 0 Å². The number of benzene rings is 3. The minimum absolute atomic E-state index is 0.354. The van der Waals surface area contributed by atoms with Crippen LogP contribution < -0.4 is 15.5 Å². The third-order valence-electron chi connectivity index (χ3n) is 4.19. The quantitative estimate of drug-likeness (QED) is 0.168. The highest BCUT2D eigenvalue weighted by atomic mass is 79.9. The SMILES string of the molecule is CC(=NNC(=O)C(=O)Nc1cccc(Cl)c1)c1ccc(OC(=O)c2ccccc2Br)cc1. The Morgan fingerprint density at radius 2 is 1.66 bits per heavy atom. The summed E-state index contributed by atoms with van der Waals surface area (Å²) >= 11 is 9.17. The maximum absolute atomic E-state index is 12.3. The first-order valence-corrected chi connectivity index (χ1v) is 10.5. The van der Waals surface area contributed by atoms with Crippen molar-refractivity contribution in [2.45, 2.75) is 6.92 Å². The molecule has 0 heterocycles. The van der Waals surface area contributed by atoms with E-state index in [4.69, 9.17) is 16.3 Å². The molecule has 0 atom stereocenters. The second-order valence-corrected chi connectivity index (χ2v) is 7.79. The average Bonchev–Trinajstić information content (AvgIpc) is 2.78. The maximum atomic E-state index is 12.3. The molecule has 0 aliphatic carbocycles. The summed E-state index contributed by atoms with van der Waals surface area (Å²) in [5.41, 5.74) is 4.13. The number of amides is 2. The van der Waals surface area contributed by atoms with Gasteiger partial charge in [-0.1, -0.05) is 29.8 Å². The Bertz CT molecular complexity index is 1200. The van der Waals surface area contributed by atoms with Crippen LogP contribution in [0, 0.1) is 0 Å². The highest BCUT2D eigenvalue weighted by Crippen LogP contribution is 2.20. The summed E-state index contributed by atoms with van der Waals surface area (Å²) in [6.07, 6.45) is 0. The largest absolute Gasteiger partial charge is 0.423 e. The third-order valence-corrected chi connectivity index (χ3v) is 5.12. The molecule has 3 aromatic carbocycles. The molecule has 2 amide bonds. The van der Waals surface area contributed by atoms with Crippen LogP contribution in [0.4, 0.5) is 5.69 Å². The summed E-state index contributed by atoms with van der Waals surface area (Å²) in [7, 11) is 0. The van der Waals surface area contributed by atoms with Gasteiger partial charge in [0.2, 0.25) is 0 Å². The number of carbonyl (C=O) groups is 3. The van der Waals surface area contributed by atoms with Gasteiger partial charge < -0.3 is 10.1 Å². The van der Waals surface area contributed by atoms with Crippen LogP contribution in [0.25, 0.3) is 0 Å². The second-order valence-electron chi connectivity index (χ2n) is 6.50. The van der Waals surface area contributed by atoms with E-state index in [-0.39, 0.29) is 0 Å². The third kappa shape index (κ3) is 6.26. The lowest BCUT2D eigenvalue weighted by atomic mass is 10.1. The van der Waals surface area contributed by atoms with Crippen molar-refractivity contribution in [3.8, 4) is 5.75 Å². The number of hydrogen-bond donors (Lipinski definition) is 2. The van der Waals surface area contributed by atoms with Gasteiger partial charge in [-0.15, -0.1) is 0 Å². The molecule has 0 aliphatic heterocycles. The van der Waals surface area contributed by atoms with Crippen LogP contribution in [0.3, 0.4) is 0 Å². The average molecular weight is 515 g/mol. The van der Waals surface area contributed by atoms with Crippen molar-refractivity contribution < 1.29 is 19.1 Å². The monoisotopic (exact) mass is 513 g/mol. The molecule has 0 unspecified atom stereocenters. The van der Waals surface area contributed by atoms with Crippen LogP contribution in [-0.4, -0.2) is 23.5 Å². The highest BCUT2D eigenvalue weighted by molar-refractivity contribution is 9.10. The molecule has 7 nitrogen and oxygen atoms in total. The van der Waals surface area contributed by atoms with E-state index in [9.17, 15) is 14.4 Å². The molecule has 32 heavy (non-hydrogen) atoms. The fraction of sp³-hybridized carbons (Fsp3) is 0.0435. The van der Waals surface area contributed by atoms with Gasteiger partial charge in [0.15, 0.2) is 0 Å². The molecule has 0 saturated carbocycles. The first-order chi connectivity index (χ1) is 15.3. The zero-order chi connectivity index (χ0) is 23.1. The zero-order valence-electron chi connectivity index (χ0n) is 16.8. The van der Waals surface area contributed by atoms with Crippen molar-refractivity contribution in [2.75, 3.05) is 5.32 Å². The van der Waals surface area contributed by atoms with E-state index in [1.165, 1.54) is 6.07 Å². The van der Waals surface area contributed by atoms with Gasteiger partial charge >= 0.3 is 17.8 Å². The standard InChI is InChI=1S/C23H17BrClN3O4/c1-14(27-28-22(30)21(29)26-17-6-4-5-16(25)13-17)15-9-11-18(12-10-15)32-23(31)19-7-2-3-8-20(19)24/h2-13H,1H3,(H,26,29)(H,28,30). The number of carbonyl (C=O) groups excluding carboxylic acids is 3. The van der Waals surface area contributed by atoms with Crippen molar-refractivity contribution >= 4 is 56.7 Å². The van der Waals surface area contributed by atoms with Gasteiger partial charge in [-0.05, 0) is 83.0 Å². The van der Waals surface area contributed by atoms with Crippen molar-refractivity contribution in [1.82, 2.24) is 5.43 Å². The minimum atomic E-state index is -0.927. The molecular weight excluding hydrogens is 498 g/mol. The normalized spacial score (nSPS) is 10.9. The van der Waals surface area contributed by atoms with E-state index >= 15 is 0 Å². The molecule has 162 valence electrons. The molecule has 3 aromatic rings. The van der Waals surface area contributed by atoms with Gasteiger partial charge in [0.25, 0.3) is 0 Å². The predicted molar refractivity (Wildman–Crippen MR) is 126 cm³/mol. The lowest BCUT2D eigenvalue weighted by Crippen LogP contribution is -2.32. The summed E-state index contributed by atoms with van der Waals surface area (Å²) in [5.74, 6) is -1.94. The smallest absolute Gasteiger partial charge is 0.344 e. The Labute approximate surface area is 197 Å². The zero-order valence-corrected chi connectivity index (χ0v) is 19.1. The second kappa shape index (κ2) is 10.7. The summed E-state index contributed by atoms with van der Waals surface area (Å²) in [4.78, 5) is 36.2. The molecule has 0 spiro atoms. The number of anilines is 1. The van der Waals surface area contributed by atoms with Crippen molar-refractivity contribution in [3.05, 3.63) is 93.4 Å². The van der Waals surface area contributed by atoms with E-state index in [0.717, 1.165) is 0 Å². The van der Waals surface area contributed by atoms with E-state index in [1.54, 1.807) is 73.7 Å². The molecular formula is C23H17BrClN3O4. The Hall–Kier alpha value is -3.49. The number of rotatable bonds is 5. The number of ether oxygens (including phenoxy) is 1. The first-order valence-electron chi connectivity index (χ1n) is 9.32. The molecule has 0 fully saturated rings. The van der Waals surface area contributed by atoms with Crippen LogP contribution in [0.1, 0.15) is 22.8 Å². The molecule has 2 N–H and O–H groups in total. The summed E-state index contributed by atoms with van der Waals surface area (Å²) in [6.45, 7) is 1.66. The van der Waals surface area contributed by atoms with Crippen LogP contribution in [0.2, 0.25) is 5.02 Å². The van der Waals surface area contributed by atoms with Crippen LogP contribution in [0.15, 0.2) is 82.4 Å². The number of nitrogens with one attached hydrogen (secondary N) is 2. The Kier molecular flexibility index (Phi) is 7.75. The minimum Gasteiger partial charge on any atom is -0.423 e. The van der Waals surface area contributed by atoms with Crippen molar-refractivity contribution in [1.29, 1.82) is 0 Å². The summed E-state index contributed by atoms with van der Waals surface area (Å²) < 4.78 is 6.01. The molecule has 0 saturated heterocycles. The molecule has 0 bridgehead atoms. The van der Waals surface area contributed by atoms with E-state index in [2.05, 4.69) is 31.8 Å². The molecule has 0 aliphatic rings. The van der Waals surface area contributed by atoms with Crippen molar-refractivity contribution in [2.24, 2.45) is 5.10 Å². The number of esters is 1. The fourth-order valence-electron chi connectivity index (χ4n) is 2.56. The number of halogens is 2. The van der Waals surface area contributed by atoms with Gasteiger partial charge in [0.1, 0.15) is 5.75 Å². The van der Waals surface area contributed by atoms with Gasteiger partial charge in [0, 0.05) is 15.2 Å². The number of hydrazone groups is 1. The molecule has 0 radical (unpaired) electrons. The summed E-state index contributed by atoms with van der Waals surface area (Å²) in [5, 5.41) is 6.81. The Morgan fingerprint density at radius 3 is 2.34 bits per heavy atom. The Morgan fingerprint density at radius 1 is 0.938 bits per heavy atom. The van der Waals surface area contributed by atoms with E-state index < -0.39 is 17.8 Å². The maximum Gasteiger partial charge on any atom is 0.344 e. The number of hydrogen-bond acceptors (Lipinski definition) is 5. The first kappa shape index (κ1) is 23.2. The van der Waals surface area contributed by atoms with Gasteiger partial charge in [-0.3, -0.25) is 9.59 Å². The van der Waals surface area contributed by atoms with Gasteiger partial charge in [-0.2, -0.15) is 5.10 Å². The lowest BCUT2D eigenvalue weighted by Gasteiger charge is -2.07. The van der Waals surface area contributed by atoms with Gasteiger partial charge in [-0.25, -0.2) is 10.2 Å². The van der Waals surface area contributed by atoms with Crippen LogP contribution in [-0.2, 0) is 9.59 Å². The molecule has 3 rings (SSSR count). The molecule has 0 aromatic heterocycles. The topological polar surface area (TPSA) is 96.9 Å². The van der Waals surface area contributed by atoms with E-state index in [0.29, 0.717) is 37.8 Å². The molecule has 9 heteroatoms. The Balaban J connectivity index is 1.58. The fourth-order valence-corrected chi connectivity index (χ4v) is 3.19.